The van der Waals surface area contributed by atoms with Gasteiger partial charge in [0.15, 0.2) is 0 Å². The van der Waals surface area contributed by atoms with Crippen molar-refractivity contribution in [2.75, 3.05) is 0 Å². The Bertz CT molecular complexity index is 606. The van der Waals surface area contributed by atoms with E-state index in [0.717, 1.165) is 11.1 Å². The standard InChI is InChI=1S/C21H27NOS/c1-15(2)19-9-5-17(6-10-19)13-22(21(23)24)14-18-7-11-20(12-8-18)16(3)4/h5-12,15-16H,13-14H2,1-4H3,(H,23,24). The molecular weight excluding hydrogens is 314 g/mol. The molecule has 0 aromatic heterocycles. The zero-order valence-corrected chi connectivity index (χ0v) is 15.9. The van der Waals surface area contributed by atoms with E-state index >= 15 is 0 Å². The first-order valence-corrected chi connectivity index (χ1v) is 8.97. The lowest BCUT2D eigenvalue weighted by atomic mass is 10.0. The Hall–Kier alpha value is -1.74. The van der Waals surface area contributed by atoms with E-state index in [9.17, 15) is 4.79 Å². The van der Waals surface area contributed by atoms with Gasteiger partial charge in [-0.25, -0.2) is 0 Å². The van der Waals surface area contributed by atoms with Crippen molar-refractivity contribution in [3.63, 3.8) is 0 Å². The highest BCUT2D eigenvalue weighted by molar-refractivity contribution is 7.96. The summed E-state index contributed by atoms with van der Waals surface area (Å²) in [7, 11) is 0. The van der Waals surface area contributed by atoms with Gasteiger partial charge in [0.2, 0.25) is 0 Å². The fourth-order valence-corrected chi connectivity index (χ4v) is 2.79. The molecule has 2 rings (SSSR count). The van der Waals surface area contributed by atoms with Gasteiger partial charge in [0.25, 0.3) is 5.24 Å². The second-order valence-corrected chi connectivity index (χ2v) is 7.31. The summed E-state index contributed by atoms with van der Waals surface area (Å²) in [5, 5.41) is -0.198. The third-order valence-electron chi connectivity index (χ3n) is 4.31. The molecule has 2 aromatic rings. The number of hydrogen-bond acceptors (Lipinski definition) is 1. The number of benzene rings is 2. The maximum atomic E-state index is 11.9. The van der Waals surface area contributed by atoms with Gasteiger partial charge in [-0.2, -0.15) is 0 Å². The maximum absolute atomic E-state index is 11.9. The fourth-order valence-electron chi connectivity index (χ4n) is 2.65. The molecule has 24 heavy (non-hydrogen) atoms. The molecule has 0 saturated carbocycles. The summed E-state index contributed by atoms with van der Waals surface area (Å²) >= 11 is 4.05. The molecule has 2 nitrogen and oxygen atoms in total. The number of amides is 1. The minimum absolute atomic E-state index is 0.198. The Morgan fingerprint density at radius 2 is 1.12 bits per heavy atom. The van der Waals surface area contributed by atoms with E-state index in [1.54, 1.807) is 4.90 Å². The highest BCUT2D eigenvalue weighted by atomic mass is 32.1. The van der Waals surface area contributed by atoms with Crippen LogP contribution in [0.5, 0.6) is 0 Å². The molecule has 0 aliphatic carbocycles. The van der Waals surface area contributed by atoms with Gasteiger partial charge in [-0.3, -0.25) is 4.79 Å². The van der Waals surface area contributed by atoms with Crippen molar-refractivity contribution in [3.8, 4) is 0 Å². The van der Waals surface area contributed by atoms with Crippen LogP contribution in [-0.2, 0) is 13.1 Å². The third kappa shape index (κ3) is 5.13. The second-order valence-electron chi connectivity index (χ2n) is 6.93. The van der Waals surface area contributed by atoms with Gasteiger partial charge in [-0.1, -0.05) is 88.9 Å². The summed E-state index contributed by atoms with van der Waals surface area (Å²) in [6, 6.07) is 16.9. The monoisotopic (exact) mass is 341 g/mol. The summed E-state index contributed by atoms with van der Waals surface area (Å²) in [5.74, 6) is 1.03. The molecule has 0 fully saturated rings. The first-order valence-electron chi connectivity index (χ1n) is 8.52. The maximum Gasteiger partial charge on any atom is 0.279 e. The molecule has 128 valence electrons. The summed E-state index contributed by atoms with van der Waals surface area (Å²) in [6.07, 6.45) is 0. The molecule has 0 unspecified atom stereocenters. The normalized spacial score (nSPS) is 11.1. The predicted octanol–water partition coefficient (Wildman–Crippen LogP) is 5.99. The van der Waals surface area contributed by atoms with Crippen LogP contribution in [-0.4, -0.2) is 10.1 Å². The van der Waals surface area contributed by atoms with Crippen LogP contribution in [0, 0.1) is 0 Å². The molecule has 0 saturated heterocycles. The zero-order valence-electron chi connectivity index (χ0n) is 15.0. The van der Waals surface area contributed by atoms with Crippen LogP contribution < -0.4 is 0 Å². The largest absolute Gasteiger partial charge is 0.325 e. The van der Waals surface area contributed by atoms with Crippen LogP contribution in [0.15, 0.2) is 48.5 Å². The number of hydrogen-bond donors (Lipinski definition) is 1. The molecule has 0 spiro atoms. The number of thiol groups is 1. The first kappa shape index (κ1) is 18.6. The van der Waals surface area contributed by atoms with E-state index < -0.39 is 0 Å². The van der Waals surface area contributed by atoms with E-state index in [-0.39, 0.29) is 5.24 Å². The Morgan fingerprint density at radius 1 is 0.792 bits per heavy atom. The molecular formula is C21H27NOS. The van der Waals surface area contributed by atoms with Crippen molar-refractivity contribution in [1.29, 1.82) is 0 Å². The second kappa shape index (κ2) is 8.39. The van der Waals surface area contributed by atoms with E-state index in [1.807, 2.05) is 0 Å². The van der Waals surface area contributed by atoms with Gasteiger partial charge >= 0.3 is 0 Å². The third-order valence-corrected chi connectivity index (χ3v) is 4.59. The molecule has 0 aliphatic rings. The minimum Gasteiger partial charge on any atom is -0.325 e. The van der Waals surface area contributed by atoms with Gasteiger partial charge < -0.3 is 4.90 Å². The van der Waals surface area contributed by atoms with Crippen molar-refractivity contribution in [1.82, 2.24) is 4.90 Å². The van der Waals surface area contributed by atoms with E-state index in [0.29, 0.717) is 24.9 Å². The van der Waals surface area contributed by atoms with Crippen molar-refractivity contribution in [3.05, 3.63) is 70.8 Å². The van der Waals surface area contributed by atoms with Crippen LogP contribution in [0.1, 0.15) is 61.8 Å². The lowest BCUT2D eigenvalue weighted by molar-refractivity contribution is 0.218. The van der Waals surface area contributed by atoms with Crippen molar-refractivity contribution in [2.45, 2.75) is 52.6 Å². The summed E-state index contributed by atoms with van der Waals surface area (Å²) < 4.78 is 0. The number of carbonyl (C=O) groups excluding carboxylic acids is 1. The quantitative estimate of drug-likeness (QED) is 0.640. The average Bonchev–Trinajstić information content (AvgIpc) is 2.55. The van der Waals surface area contributed by atoms with E-state index in [1.165, 1.54) is 11.1 Å². The highest BCUT2D eigenvalue weighted by Gasteiger charge is 2.12. The molecule has 0 aliphatic heterocycles. The lowest BCUT2D eigenvalue weighted by Gasteiger charge is -2.21. The topological polar surface area (TPSA) is 20.3 Å². The number of nitrogens with zero attached hydrogens (tertiary/aromatic N) is 1. The first-order chi connectivity index (χ1) is 11.4. The fraction of sp³-hybridized carbons (Fsp3) is 0.381. The van der Waals surface area contributed by atoms with Crippen LogP contribution in [0.2, 0.25) is 0 Å². The van der Waals surface area contributed by atoms with Crippen LogP contribution >= 0.6 is 12.6 Å². The molecule has 0 N–H and O–H groups in total. The molecule has 0 atom stereocenters. The van der Waals surface area contributed by atoms with Gasteiger partial charge in [0, 0.05) is 13.1 Å². The molecule has 1 amide bonds. The summed E-state index contributed by atoms with van der Waals surface area (Å²) in [4.78, 5) is 13.7. The number of carbonyl (C=O) groups is 1. The minimum atomic E-state index is -0.198. The Labute approximate surface area is 151 Å². The lowest BCUT2D eigenvalue weighted by Crippen LogP contribution is -2.25. The van der Waals surface area contributed by atoms with Gasteiger partial charge in [0.1, 0.15) is 0 Å². The van der Waals surface area contributed by atoms with Gasteiger partial charge in [-0.05, 0) is 34.1 Å². The highest BCUT2D eigenvalue weighted by Crippen LogP contribution is 2.19. The SMILES string of the molecule is CC(C)c1ccc(CN(Cc2ccc(C(C)C)cc2)C(=O)S)cc1. The molecule has 0 radical (unpaired) electrons. The van der Waals surface area contributed by atoms with Gasteiger partial charge in [-0.15, -0.1) is 0 Å². The summed E-state index contributed by atoms with van der Waals surface area (Å²) in [5.41, 5.74) is 4.87. The Balaban J connectivity index is 2.07. The van der Waals surface area contributed by atoms with E-state index in [4.69, 9.17) is 0 Å². The average molecular weight is 342 g/mol. The van der Waals surface area contributed by atoms with E-state index in [2.05, 4.69) is 88.9 Å². The Kier molecular flexibility index (Phi) is 6.50. The van der Waals surface area contributed by atoms with Crippen LogP contribution in [0.3, 0.4) is 0 Å². The van der Waals surface area contributed by atoms with Crippen molar-refractivity contribution < 1.29 is 4.79 Å². The van der Waals surface area contributed by atoms with Crippen molar-refractivity contribution in [2.24, 2.45) is 0 Å². The summed E-state index contributed by atoms with van der Waals surface area (Å²) in [6.45, 7) is 9.87. The molecule has 0 bridgehead atoms. The molecule has 3 heteroatoms. The van der Waals surface area contributed by atoms with Crippen LogP contribution in [0.4, 0.5) is 4.79 Å². The molecule has 0 heterocycles. The smallest absolute Gasteiger partial charge is 0.279 e. The zero-order chi connectivity index (χ0) is 17.7. The van der Waals surface area contributed by atoms with Crippen LogP contribution in [0.25, 0.3) is 0 Å². The molecule has 2 aromatic carbocycles. The Morgan fingerprint density at radius 3 is 1.38 bits per heavy atom. The number of rotatable bonds is 6. The van der Waals surface area contributed by atoms with Gasteiger partial charge in [0.05, 0.1) is 0 Å². The van der Waals surface area contributed by atoms with Crippen molar-refractivity contribution >= 4 is 17.9 Å². The predicted molar refractivity (Wildman–Crippen MR) is 105 cm³/mol.